The molecule has 0 aromatic carbocycles. The molecule has 2 rings (SSSR count). The van der Waals surface area contributed by atoms with Crippen molar-refractivity contribution in [2.24, 2.45) is 0 Å². The third-order valence-electron chi connectivity index (χ3n) is 1.73. The third-order valence-corrected chi connectivity index (χ3v) is 2.67. The highest BCUT2D eigenvalue weighted by Gasteiger charge is 2.03. The summed E-state index contributed by atoms with van der Waals surface area (Å²) < 4.78 is 0. The smallest absolute Gasteiger partial charge is 0.282 e. The van der Waals surface area contributed by atoms with Crippen LogP contribution in [0, 0.1) is 0 Å². The molecule has 0 saturated heterocycles. The van der Waals surface area contributed by atoms with Crippen LogP contribution in [0.2, 0.25) is 0 Å². The van der Waals surface area contributed by atoms with Crippen LogP contribution < -0.4 is 10.9 Å². The molecule has 0 unspecified atom stereocenters. The van der Waals surface area contributed by atoms with Crippen molar-refractivity contribution in [3.05, 3.63) is 28.7 Å². The van der Waals surface area contributed by atoms with Crippen molar-refractivity contribution >= 4 is 26.7 Å². The number of fused-ring (bicyclic) bond motifs is 1. The lowest BCUT2D eigenvalue weighted by atomic mass is 10.4. The number of pyridine rings is 1. The van der Waals surface area contributed by atoms with E-state index >= 15 is 0 Å². The molecule has 2 aromatic rings. The molecule has 0 amide bonds. The van der Waals surface area contributed by atoms with Gasteiger partial charge in [-0.1, -0.05) is 11.3 Å². The molecular weight excluding hydrogens is 198 g/mol. The normalized spacial score (nSPS) is 10.4. The van der Waals surface area contributed by atoms with E-state index < -0.39 is 0 Å². The van der Waals surface area contributed by atoms with Gasteiger partial charge in [0.25, 0.3) is 5.56 Å². The molecule has 0 bridgehead atoms. The summed E-state index contributed by atoms with van der Waals surface area (Å²) in [5.74, 6) is 0. The van der Waals surface area contributed by atoms with Crippen LogP contribution in [0.25, 0.3) is 10.2 Å². The molecule has 0 aliphatic heterocycles. The van der Waals surface area contributed by atoms with Crippen LogP contribution in [0.4, 0.5) is 5.13 Å². The largest absolute Gasteiger partial charge is 0.362 e. The van der Waals surface area contributed by atoms with E-state index in [2.05, 4.69) is 15.3 Å². The Bertz CT molecular complexity index is 509. The number of hydrogen-bond donors (Lipinski definition) is 1. The highest BCUT2D eigenvalue weighted by molar-refractivity contribution is 7.21. The van der Waals surface area contributed by atoms with Gasteiger partial charge in [-0.05, 0) is 19.1 Å². The van der Waals surface area contributed by atoms with E-state index in [4.69, 9.17) is 0 Å². The first-order valence-electron chi connectivity index (χ1n) is 4.31. The maximum Gasteiger partial charge on any atom is 0.282 e. The first kappa shape index (κ1) is 9.08. The molecule has 0 fully saturated rings. The van der Waals surface area contributed by atoms with Gasteiger partial charge in [-0.25, -0.2) is 4.98 Å². The van der Waals surface area contributed by atoms with Gasteiger partial charge in [-0.15, -0.1) is 0 Å². The standard InChI is InChI=1S/C9H9N3OS/c1-2-10-9-12-7(13)6-4-3-5-11-8(6)14-9/h3-5H,2H2,1H3,(H,10,12,13). The zero-order chi connectivity index (χ0) is 9.97. The SMILES string of the molecule is CCNc1nc(=O)c2cccnc2s1. The zero-order valence-corrected chi connectivity index (χ0v) is 8.47. The lowest BCUT2D eigenvalue weighted by molar-refractivity contribution is 1.17. The van der Waals surface area contributed by atoms with E-state index in [1.54, 1.807) is 18.3 Å². The van der Waals surface area contributed by atoms with Crippen LogP contribution in [-0.2, 0) is 0 Å². The zero-order valence-electron chi connectivity index (χ0n) is 7.65. The summed E-state index contributed by atoms with van der Waals surface area (Å²) in [6, 6.07) is 3.48. The number of hydrogen-bond acceptors (Lipinski definition) is 5. The molecule has 14 heavy (non-hydrogen) atoms. The maximum atomic E-state index is 11.5. The molecule has 2 aromatic heterocycles. The monoisotopic (exact) mass is 207 g/mol. The van der Waals surface area contributed by atoms with E-state index in [0.29, 0.717) is 10.5 Å². The van der Waals surface area contributed by atoms with Crippen LogP contribution in [-0.4, -0.2) is 16.5 Å². The van der Waals surface area contributed by atoms with Gasteiger partial charge in [0.2, 0.25) is 0 Å². The van der Waals surface area contributed by atoms with Crippen molar-refractivity contribution in [1.82, 2.24) is 9.97 Å². The van der Waals surface area contributed by atoms with Gasteiger partial charge in [0.1, 0.15) is 4.83 Å². The summed E-state index contributed by atoms with van der Waals surface area (Å²) in [4.78, 5) is 20.2. The Kier molecular flexibility index (Phi) is 2.41. The van der Waals surface area contributed by atoms with E-state index in [1.165, 1.54) is 11.3 Å². The molecular formula is C9H9N3OS. The second-order valence-electron chi connectivity index (χ2n) is 2.71. The Labute approximate surface area is 84.6 Å². The topological polar surface area (TPSA) is 54.9 Å². The minimum Gasteiger partial charge on any atom is -0.362 e. The van der Waals surface area contributed by atoms with E-state index in [1.807, 2.05) is 6.92 Å². The van der Waals surface area contributed by atoms with Crippen molar-refractivity contribution in [2.75, 3.05) is 11.9 Å². The van der Waals surface area contributed by atoms with Crippen LogP contribution in [0.1, 0.15) is 6.92 Å². The predicted octanol–water partition coefficient (Wildman–Crippen LogP) is 1.48. The Morgan fingerprint density at radius 3 is 3.21 bits per heavy atom. The highest BCUT2D eigenvalue weighted by Crippen LogP contribution is 2.17. The van der Waals surface area contributed by atoms with E-state index in [9.17, 15) is 4.79 Å². The van der Waals surface area contributed by atoms with Gasteiger partial charge in [-0.3, -0.25) is 4.79 Å². The third kappa shape index (κ3) is 1.58. The minimum atomic E-state index is -0.220. The fourth-order valence-corrected chi connectivity index (χ4v) is 2.04. The van der Waals surface area contributed by atoms with Crippen molar-refractivity contribution in [1.29, 1.82) is 0 Å². The lowest BCUT2D eigenvalue weighted by Crippen LogP contribution is -2.09. The molecule has 0 aliphatic carbocycles. The van der Waals surface area contributed by atoms with Crippen LogP contribution >= 0.6 is 11.3 Å². The maximum absolute atomic E-state index is 11.5. The van der Waals surface area contributed by atoms with Crippen molar-refractivity contribution in [3.63, 3.8) is 0 Å². The lowest BCUT2D eigenvalue weighted by Gasteiger charge is -2.00. The van der Waals surface area contributed by atoms with Crippen LogP contribution in [0.5, 0.6) is 0 Å². The average Bonchev–Trinajstić information content (AvgIpc) is 2.18. The van der Waals surface area contributed by atoms with E-state index in [0.717, 1.165) is 11.4 Å². The quantitative estimate of drug-likeness (QED) is 0.810. The first-order valence-corrected chi connectivity index (χ1v) is 5.12. The van der Waals surface area contributed by atoms with Crippen molar-refractivity contribution in [3.8, 4) is 0 Å². The molecule has 2 heterocycles. The van der Waals surface area contributed by atoms with Gasteiger partial charge in [-0.2, -0.15) is 4.98 Å². The minimum absolute atomic E-state index is 0.220. The summed E-state index contributed by atoms with van der Waals surface area (Å²) in [7, 11) is 0. The molecule has 0 atom stereocenters. The van der Waals surface area contributed by atoms with Crippen molar-refractivity contribution in [2.45, 2.75) is 6.92 Å². The molecule has 5 heteroatoms. The van der Waals surface area contributed by atoms with Gasteiger partial charge in [0, 0.05) is 12.7 Å². The molecule has 1 N–H and O–H groups in total. The second kappa shape index (κ2) is 3.71. The number of anilines is 1. The Morgan fingerprint density at radius 1 is 1.57 bits per heavy atom. The molecule has 0 aliphatic rings. The summed E-state index contributed by atoms with van der Waals surface area (Å²) in [5, 5.41) is 4.22. The summed E-state index contributed by atoms with van der Waals surface area (Å²) >= 11 is 1.39. The van der Waals surface area contributed by atoms with Gasteiger partial charge < -0.3 is 5.32 Å². The Balaban J connectivity index is 2.66. The second-order valence-corrected chi connectivity index (χ2v) is 3.69. The van der Waals surface area contributed by atoms with Gasteiger partial charge in [0.15, 0.2) is 5.13 Å². The molecule has 72 valence electrons. The summed E-state index contributed by atoms with van der Waals surface area (Å²) in [5.41, 5.74) is -0.220. The highest BCUT2D eigenvalue weighted by atomic mass is 32.1. The fourth-order valence-electron chi connectivity index (χ4n) is 1.13. The molecule has 0 saturated carbocycles. The van der Waals surface area contributed by atoms with Gasteiger partial charge >= 0.3 is 0 Å². The number of nitrogens with one attached hydrogen (secondary N) is 1. The molecule has 0 radical (unpaired) electrons. The fraction of sp³-hybridized carbons (Fsp3) is 0.222. The molecule has 0 spiro atoms. The number of aromatic nitrogens is 2. The summed E-state index contributed by atoms with van der Waals surface area (Å²) in [6.07, 6.45) is 1.67. The predicted molar refractivity (Wildman–Crippen MR) is 57.8 cm³/mol. The number of rotatable bonds is 2. The first-order chi connectivity index (χ1) is 6.81. The Morgan fingerprint density at radius 2 is 2.43 bits per heavy atom. The van der Waals surface area contributed by atoms with Crippen molar-refractivity contribution < 1.29 is 0 Å². The van der Waals surface area contributed by atoms with Gasteiger partial charge in [0.05, 0.1) is 5.39 Å². The average molecular weight is 207 g/mol. The van der Waals surface area contributed by atoms with Crippen LogP contribution in [0.3, 0.4) is 0 Å². The Hall–Kier alpha value is -1.49. The molecule has 4 nitrogen and oxygen atoms in total. The van der Waals surface area contributed by atoms with Crippen LogP contribution in [0.15, 0.2) is 23.1 Å². The van der Waals surface area contributed by atoms with E-state index in [-0.39, 0.29) is 5.56 Å². The summed E-state index contributed by atoms with van der Waals surface area (Å²) in [6.45, 7) is 2.71. The number of nitrogens with zero attached hydrogens (tertiary/aromatic N) is 2.